The van der Waals surface area contributed by atoms with Gasteiger partial charge in [-0.25, -0.2) is 0 Å². The lowest BCUT2D eigenvalue weighted by atomic mass is 9.77. The summed E-state index contributed by atoms with van der Waals surface area (Å²) in [6, 6.07) is 0. The van der Waals surface area contributed by atoms with Crippen LogP contribution >= 0.6 is 0 Å². The molecule has 3 saturated carbocycles. The van der Waals surface area contributed by atoms with E-state index >= 15 is 0 Å². The zero-order chi connectivity index (χ0) is 8.02. The summed E-state index contributed by atoms with van der Waals surface area (Å²) in [7, 11) is 0. The topological polar surface area (TPSA) is 0 Å². The predicted octanol–water partition coefficient (Wildman–Crippen LogP) is 3.76. The molecule has 3 aliphatic rings. The summed E-state index contributed by atoms with van der Waals surface area (Å²) in [4.78, 5) is 0. The highest BCUT2D eigenvalue weighted by molar-refractivity contribution is 5.00. The Balaban J connectivity index is 1.89. The Morgan fingerprint density at radius 3 is 2.83 bits per heavy atom. The summed E-state index contributed by atoms with van der Waals surface area (Å²) in [5.41, 5.74) is 0.890. The van der Waals surface area contributed by atoms with E-state index in [9.17, 15) is 0 Å². The largest absolute Gasteiger partial charge is 0.0530 e. The first-order chi connectivity index (χ1) is 5.89. The van der Waals surface area contributed by atoms with Crippen LogP contribution in [-0.4, -0.2) is 0 Å². The first-order valence-electron chi connectivity index (χ1n) is 5.89. The van der Waals surface area contributed by atoms with Gasteiger partial charge >= 0.3 is 0 Å². The minimum Gasteiger partial charge on any atom is -0.0530 e. The maximum absolute atomic E-state index is 1.62. The van der Waals surface area contributed by atoms with Crippen LogP contribution in [0.25, 0.3) is 0 Å². The number of hydrogen-bond donors (Lipinski definition) is 0. The second-order valence-corrected chi connectivity index (χ2v) is 5.50. The lowest BCUT2D eigenvalue weighted by Crippen LogP contribution is -2.18. The van der Waals surface area contributed by atoms with Crippen LogP contribution in [0.4, 0.5) is 0 Å². The van der Waals surface area contributed by atoms with Crippen molar-refractivity contribution in [2.75, 3.05) is 0 Å². The molecule has 0 heterocycles. The molecule has 12 heavy (non-hydrogen) atoms. The van der Waals surface area contributed by atoms with Crippen molar-refractivity contribution in [3.8, 4) is 0 Å². The summed E-state index contributed by atoms with van der Waals surface area (Å²) in [5.74, 6) is 2.32. The zero-order valence-corrected chi connectivity index (χ0v) is 8.02. The minimum atomic E-state index is 0.890. The lowest BCUT2D eigenvalue weighted by Gasteiger charge is -2.28. The van der Waals surface area contributed by atoms with E-state index in [0.29, 0.717) is 0 Å². The molecule has 3 aliphatic carbocycles. The molecule has 68 valence electrons. The second-order valence-electron chi connectivity index (χ2n) is 5.50. The Labute approximate surface area is 75.7 Å². The summed E-state index contributed by atoms with van der Waals surface area (Å²) < 4.78 is 0. The normalized spacial score (nSPS) is 52.0. The molecule has 0 aromatic carbocycles. The van der Waals surface area contributed by atoms with Crippen LogP contribution in [0.15, 0.2) is 0 Å². The van der Waals surface area contributed by atoms with Crippen molar-refractivity contribution in [1.29, 1.82) is 0 Å². The van der Waals surface area contributed by atoms with Crippen molar-refractivity contribution < 1.29 is 0 Å². The number of fused-ring (bicyclic) bond motifs is 1. The van der Waals surface area contributed by atoms with Crippen LogP contribution in [0, 0.1) is 17.3 Å². The molecule has 0 amide bonds. The standard InChI is InChI=1S/C12H20/c1-2-6-12-7-3-5-11(12)8-10(4-1)9-12/h10-11H,1-9H2. The van der Waals surface area contributed by atoms with Gasteiger partial charge < -0.3 is 0 Å². The van der Waals surface area contributed by atoms with Crippen molar-refractivity contribution in [3.05, 3.63) is 0 Å². The molecular weight excluding hydrogens is 144 g/mol. The van der Waals surface area contributed by atoms with Gasteiger partial charge in [-0.05, 0) is 49.4 Å². The molecule has 0 radical (unpaired) electrons. The summed E-state index contributed by atoms with van der Waals surface area (Å²) in [6.07, 6.45) is 14.2. The molecule has 0 aliphatic heterocycles. The Morgan fingerprint density at radius 1 is 0.917 bits per heavy atom. The Morgan fingerprint density at radius 2 is 1.83 bits per heavy atom. The van der Waals surface area contributed by atoms with Crippen molar-refractivity contribution in [2.45, 2.75) is 57.8 Å². The van der Waals surface area contributed by atoms with Gasteiger partial charge in [0.15, 0.2) is 0 Å². The van der Waals surface area contributed by atoms with Gasteiger partial charge in [-0.15, -0.1) is 0 Å². The van der Waals surface area contributed by atoms with Gasteiger partial charge in [-0.2, -0.15) is 0 Å². The van der Waals surface area contributed by atoms with Crippen LogP contribution in [0.5, 0.6) is 0 Å². The van der Waals surface area contributed by atoms with E-state index in [1.165, 1.54) is 5.92 Å². The maximum atomic E-state index is 1.62. The van der Waals surface area contributed by atoms with Crippen LogP contribution in [0.3, 0.4) is 0 Å². The Hall–Kier alpha value is 0. The molecule has 3 rings (SSSR count). The van der Waals surface area contributed by atoms with E-state index in [4.69, 9.17) is 0 Å². The van der Waals surface area contributed by atoms with Gasteiger partial charge in [0, 0.05) is 0 Å². The van der Waals surface area contributed by atoms with E-state index in [1.807, 2.05) is 0 Å². The second kappa shape index (κ2) is 2.49. The van der Waals surface area contributed by atoms with Crippen LogP contribution < -0.4 is 0 Å². The maximum Gasteiger partial charge on any atom is -0.0266 e. The summed E-state index contributed by atoms with van der Waals surface area (Å²) in [6.45, 7) is 0. The van der Waals surface area contributed by atoms with Crippen molar-refractivity contribution in [1.82, 2.24) is 0 Å². The third-order valence-corrected chi connectivity index (χ3v) is 4.94. The first-order valence-corrected chi connectivity index (χ1v) is 5.89. The Kier molecular flexibility index (Phi) is 1.54. The molecule has 2 bridgehead atoms. The summed E-state index contributed by atoms with van der Waals surface area (Å²) >= 11 is 0. The minimum absolute atomic E-state index is 0.890. The molecule has 0 saturated heterocycles. The SMILES string of the molecule is C1CCC23CCCC2CC(C1)C3. The average molecular weight is 164 g/mol. The molecule has 3 unspecified atom stereocenters. The average Bonchev–Trinajstić information content (AvgIpc) is 2.39. The van der Waals surface area contributed by atoms with Crippen LogP contribution in [-0.2, 0) is 0 Å². The Bertz CT molecular complexity index is 184. The monoisotopic (exact) mass is 164 g/mol. The quantitative estimate of drug-likeness (QED) is 0.511. The van der Waals surface area contributed by atoms with Gasteiger partial charge in [0.2, 0.25) is 0 Å². The molecule has 0 N–H and O–H groups in total. The first kappa shape index (κ1) is 7.41. The van der Waals surface area contributed by atoms with Gasteiger partial charge in [-0.3, -0.25) is 0 Å². The fraction of sp³-hybridized carbons (Fsp3) is 1.00. The highest BCUT2D eigenvalue weighted by Crippen LogP contribution is 2.61. The van der Waals surface area contributed by atoms with Gasteiger partial charge in [0.1, 0.15) is 0 Å². The third-order valence-electron chi connectivity index (χ3n) is 4.94. The zero-order valence-electron chi connectivity index (χ0n) is 8.02. The molecule has 3 atom stereocenters. The van der Waals surface area contributed by atoms with Gasteiger partial charge in [-0.1, -0.05) is 25.7 Å². The van der Waals surface area contributed by atoms with Crippen molar-refractivity contribution in [2.24, 2.45) is 17.3 Å². The predicted molar refractivity (Wildman–Crippen MR) is 51.0 cm³/mol. The molecule has 1 spiro atoms. The van der Waals surface area contributed by atoms with Crippen molar-refractivity contribution >= 4 is 0 Å². The van der Waals surface area contributed by atoms with E-state index in [1.54, 1.807) is 57.8 Å². The molecule has 0 heteroatoms. The van der Waals surface area contributed by atoms with Gasteiger partial charge in [0.25, 0.3) is 0 Å². The van der Waals surface area contributed by atoms with E-state index in [2.05, 4.69) is 0 Å². The van der Waals surface area contributed by atoms with Crippen LogP contribution in [0.1, 0.15) is 57.8 Å². The van der Waals surface area contributed by atoms with E-state index in [0.717, 1.165) is 11.3 Å². The highest BCUT2D eigenvalue weighted by Gasteiger charge is 2.49. The molecule has 0 nitrogen and oxygen atoms in total. The van der Waals surface area contributed by atoms with E-state index < -0.39 is 0 Å². The van der Waals surface area contributed by atoms with Crippen LogP contribution in [0.2, 0.25) is 0 Å². The van der Waals surface area contributed by atoms with Crippen molar-refractivity contribution in [3.63, 3.8) is 0 Å². The number of hydrogen-bond acceptors (Lipinski definition) is 0. The third kappa shape index (κ3) is 0.900. The molecule has 0 aromatic heterocycles. The highest BCUT2D eigenvalue weighted by atomic mass is 14.5. The number of rotatable bonds is 0. The fourth-order valence-corrected chi connectivity index (χ4v) is 4.47. The summed E-state index contributed by atoms with van der Waals surface area (Å²) in [5, 5.41) is 0. The van der Waals surface area contributed by atoms with Gasteiger partial charge in [0.05, 0.1) is 0 Å². The molecular formula is C12H20. The molecule has 0 aromatic rings. The smallest absolute Gasteiger partial charge is 0.0266 e. The molecule has 3 fully saturated rings. The fourth-order valence-electron chi connectivity index (χ4n) is 4.47. The van der Waals surface area contributed by atoms with E-state index in [-0.39, 0.29) is 0 Å². The lowest BCUT2D eigenvalue weighted by molar-refractivity contribution is 0.218.